The van der Waals surface area contributed by atoms with Crippen molar-refractivity contribution in [2.75, 3.05) is 27.4 Å². The molecule has 0 unspecified atom stereocenters. The SMILES string of the molecule is COc1ccc(Cc2nc3n(n2)CC(=O)NCCOc2ccc(cc2)C[C@H](NC(=O)CCc2nc4ccccc4[nH]2)C(=O)NC(C)(C)C(=O)N[C@@H]3C)cc1OC. The molecule has 0 spiro atoms. The van der Waals surface area contributed by atoms with Crippen molar-refractivity contribution in [3.05, 3.63) is 95.3 Å². The lowest BCUT2D eigenvalue weighted by Gasteiger charge is -2.29. The quantitative estimate of drug-likeness (QED) is 0.156. The van der Waals surface area contributed by atoms with Gasteiger partial charge in [-0.3, -0.25) is 19.2 Å². The number of hydrogen-bond acceptors (Lipinski definition) is 10. The molecule has 2 aromatic heterocycles. The molecule has 0 saturated carbocycles. The molecule has 0 aliphatic carbocycles. The van der Waals surface area contributed by atoms with Crippen LogP contribution in [0.5, 0.6) is 17.2 Å². The van der Waals surface area contributed by atoms with E-state index in [1.54, 1.807) is 65.3 Å². The highest BCUT2D eigenvalue weighted by Gasteiger charge is 2.34. The predicted octanol–water partition coefficient (Wildman–Crippen LogP) is 2.70. The van der Waals surface area contributed by atoms with Crippen LogP contribution >= 0.6 is 0 Å². The highest BCUT2D eigenvalue weighted by atomic mass is 16.5. The molecule has 0 fully saturated rings. The number of nitrogens with one attached hydrogen (secondary N) is 5. The van der Waals surface area contributed by atoms with Crippen molar-refractivity contribution < 1.29 is 33.4 Å². The second-order valence-corrected chi connectivity index (χ2v) is 14.1. The molecule has 2 atom stereocenters. The maximum Gasteiger partial charge on any atom is 0.245 e. The second kappa shape index (κ2) is 17.3. The number of nitrogens with zero attached hydrogens (tertiary/aromatic N) is 4. The summed E-state index contributed by atoms with van der Waals surface area (Å²) < 4.78 is 18.1. The average Bonchev–Trinajstić information content (AvgIpc) is 3.78. The maximum atomic E-state index is 13.9. The molecule has 7 rings (SSSR count). The van der Waals surface area contributed by atoms with Crippen LogP contribution in [0.1, 0.15) is 61.8 Å². The smallest absolute Gasteiger partial charge is 0.245 e. The van der Waals surface area contributed by atoms with Gasteiger partial charge < -0.3 is 40.5 Å². The lowest BCUT2D eigenvalue weighted by atomic mass is 10.00. The third-order valence-corrected chi connectivity index (χ3v) is 9.32. The average molecular weight is 766 g/mol. The van der Waals surface area contributed by atoms with E-state index in [4.69, 9.17) is 19.2 Å². The molecule has 294 valence electrons. The van der Waals surface area contributed by atoms with Crippen LogP contribution in [-0.4, -0.2) is 87.3 Å². The molecule has 4 amide bonds. The minimum Gasteiger partial charge on any atom is -0.493 e. The Morgan fingerprint density at radius 1 is 1.00 bits per heavy atom. The van der Waals surface area contributed by atoms with Crippen LogP contribution < -0.4 is 35.5 Å². The number of aromatic amines is 1. The Kier molecular flexibility index (Phi) is 12.2. The first-order chi connectivity index (χ1) is 26.9. The predicted molar refractivity (Wildman–Crippen MR) is 206 cm³/mol. The number of carbonyl (C=O) groups is 4. The van der Waals surface area contributed by atoms with Crippen molar-refractivity contribution in [2.24, 2.45) is 0 Å². The molecule has 4 heterocycles. The van der Waals surface area contributed by atoms with E-state index in [2.05, 4.69) is 36.3 Å². The highest BCUT2D eigenvalue weighted by Crippen LogP contribution is 2.28. The second-order valence-electron chi connectivity index (χ2n) is 14.1. The Bertz CT molecular complexity index is 2160. The molecule has 16 nitrogen and oxygen atoms in total. The van der Waals surface area contributed by atoms with E-state index in [0.29, 0.717) is 47.6 Å². The summed E-state index contributed by atoms with van der Waals surface area (Å²) in [4.78, 5) is 66.6. The molecule has 5 N–H and O–H groups in total. The number of rotatable bonds is 8. The van der Waals surface area contributed by atoms with Gasteiger partial charge in [0.2, 0.25) is 23.6 Å². The lowest BCUT2D eigenvalue weighted by Crippen LogP contribution is -2.59. The van der Waals surface area contributed by atoms with Crippen molar-refractivity contribution in [3.63, 3.8) is 0 Å². The minimum atomic E-state index is -1.42. The van der Waals surface area contributed by atoms with Crippen molar-refractivity contribution in [1.29, 1.82) is 0 Å². The van der Waals surface area contributed by atoms with Gasteiger partial charge in [0.05, 0.1) is 37.8 Å². The van der Waals surface area contributed by atoms with E-state index < -0.39 is 29.4 Å². The van der Waals surface area contributed by atoms with E-state index in [-0.39, 0.29) is 44.4 Å². The molecule has 0 radical (unpaired) electrons. The summed E-state index contributed by atoms with van der Waals surface area (Å²) >= 11 is 0. The standard InChI is InChI=1S/C40H47N9O7/c1-24-37-46-34(22-26-12-15-31(54-4)32(21-26)55-5)48-49(37)23-36(51)41-18-19-56-27-13-10-25(11-14-27)20-30(38(52)47-40(2,3)39(53)42-24)45-35(50)17-16-33-43-28-8-6-7-9-29(28)44-33/h6-15,21,24,30H,16-20,22-23H2,1-5H3,(H,41,51)(H,42,53)(H,43,44)(H,45,50)(H,47,52)/t24-,30+/m1/s1. The Morgan fingerprint density at radius 2 is 1.77 bits per heavy atom. The van der Waals surface area contributed by atoms with E-state index in [9.17, 15) is 19.2 Å². The number of aryl methyl sites for hydroxylation is 1. The number of amides is 4. The molecule has 2 bridgehead atoms. The van der Waals surface area contributed by atoms with Crippen LogP contribution in [0.4, 0.5) is 0 Å². The topological polar surface area (TPSA) is 203 Å². The maximum absolute atomic E-state index is 13.9. The number of H-pyrrole nitrogens is 1. The Hall–Kier alpha value is -6.45. The van der Waals surface area contributed by atoms with Crippen molar-refractivity contribution in [2.45, 2.75) is 70.6 Å². The van der Waals surface area contributed by atoms with Gasteiger partial charge in [0.15, 0.2) is 17.3 Å². The largest absolute Gasteiger partial charge is 0.493 e. The molecular formula is C40H47N9O7. The van der Waals surface area contributed by atoms with Gasteiger partial charge >= 0.3 is 0 Å². The summed E-state index contributed by atoms with van der Waals surface area (Å²) in [6.07, 6.45) is 0.886. The first-order valence-corrected chi connectivity index (χ1v) is 18.4. The van der Waals surface area contributed by atoms with Crippen LogP contribution in [0.25, 0.3) is 11.0 Å². The minimum absolute atomic E-state index is 0.0863. The molecule has 56 heavy (non-hydrogen) atoms. The van der Waals surface area contributed by atoms with Gasteiger partial charge in [-0.2, -0.15) is 5.10 Å². The van der Waals surface area contributed by atoms with Gasteiger partial charge in [-0.15, -0.1) is 0 Å². The van der Waals surface area contributed by atoms with Crippen LogP contribution in [0.2, 0.25) is 0 Å². The number of aromatic nitrogens is 5. The van der Waals surface area contributed by atoms with Crippen LogP contribution in [0.3, 0.4) is 0 Å². The zero-order valence-corrected chi connectivity index (χ0v) is 32.1. The van der Waals surface area contributed by atoms with Gasteiger partial charge in [0.25, 0.3) is 0 Å². The number of hydrogen-bond donors (Lipinski definition) is 5. The molecule has 3 aromatic carbocycles. The first kappa shape index (κ1) is 39.2. The summed E-state index contributed by atoms with van der Waals surface area (Å²) in [7, 11) is 3.11. The van der Waals surface area contributed by atoms with Gasteiger partial charge in [-0.25, -0.2) is 14.6 Å². The fourth-order valence-corrected chi connectivity index (χ4v) is 6.32. The number of para-hydroxylation sites is 2. The number of methoxy groups -OCH3 is 2. The molecular weight excluding hydrogens is 718 g/mol. The number of fused-ring (bicyclic) bond motifs is 15. The Balaban J connectivity index is 1.21. The zero-order valence-electron chi connectivity index (χ0n) is 32.1. The number of benzene rings is 3. The Morgan fingerprint density at radius 3 is 2.52 bits per heavy atom. The number of ether oxygens (including phenoxy) is 3. The number of imidazole rings is 1. The zero-order chi connectivity index (χ0) is 39.8. The normalized spacial score (nSPS) is 17.8. The monoisotopic (exact) mass is 765 g/mol. The van der Waals surface area contributed by atoms with Crippen molar-refractivity contribution in [1.82, 2.24) is 46.0 Å². The summed E-state index contributed by atoms with van der Waals surface area (Å²) in [5, 5.41) is 16.1. The third kappa shape index (κ3) is 9.80. The fourth-order valence-electron chi connectivity index (χ4n) is 6.32. The van der Waals surface area contributed by atoms with Gasteiger partial charge in [0, 0.05) is 25.7 Å². The number of carbonyl (C=O) groups excluding carboxylic acids is 4. The molecule has 0 saturated heterocycles. The van der Waals surface area contributed by atoms with Crippen LogP contribution in [0, 0.1) is 0 Å². The lowest BCUT2D eigenvalue weighted by molar-refractivity contribution is -0.135. The summed E-state index contributed by atoms with van der Waals surface area (Å²) in [6, 6.07) is 18.5. The molecule has 16 heteroatoms. The van der Waals surface area contributed by atoms with E-state index in [0.717, 1.165) is 22.2 Å². The van der Waals surface area contributed by atoms with Crippen molar-refractivity contribution >= 4 is 34.7 Å². The van der Waals surface area contributed by atoms with Crippen LogP contribution in [0.15, 0.2) is 66.7 Å². The molecule has 2 aliphatic heterocycles. The van der Waals surface area contributed by atoms with Crippen molar-refractivity contribution in [3.8, 4) is 17.2 Å². The van der Waals surface area contributed by atoms with E-state index in [1.807, 2.05) is 36.4 Å². The van der Waals surface area contributed by atoms with E-state index >= 15 is 0 Å². The van der Waals surface area contributed by atoms with Gasteiger partial charge in [-0.05, 0) is 68.3 Å². The summed E-state index contributed by atoms with van der Waals surface area (Å²) in [6.45, 7) is 5.14. The van der Waals surface area contributed by atoms with E-state index in [1.165, 1.54) is 4.68 Å². The molecule has 5 aromatic rings. The summed E-state index contributed by atoms with van der Waals surface area (Å²) in [5.74, 6) is 1.39. The van der Waals surface area contributed by atoms with Gasteiger partial charge in [-0.1, -0.05) is 30.3 Å². The summed E-state index contributed by atoms with van der Waals surface area (Å²) in [5.41, 5.74) is 1.86. The fraction of sp³-hybridized carbons (Fsp3) is 0.375. The third-order valence-electron chi connectivity index (χ3n) is 9.32. The van der Waals surface area contributed by atoms with Gasteiger partial charge in [0.1, 0.15) is 42.1 Å². The van der Waals surface area contributed by atoms with Crippen LogP contribution in [-0.2, 0) is 45.0 Å². The molecule has 2 aliphatic rings. The highest BCUT2D eigenvalue weighted by molar-refractivity contribution is 5.94. The first-order valence-electron chi connectivity index (χ1n) is 18.4. The Labute approximate surface area is 324 Å².